The minimum absolute atomic E-state index is 0. The van der Waals surface area contributed by atoms with E-state index in [4.69, 9.17) is 23.2 Å². The minimum Gasteiger partial charge on any atom is -0.269 e. The second-order valence-corrected chi connectivity index (χ2v) is 2.73. The highest BCUT2D eigenvalue weighted by Crippen LogP contribution is 2.21. The van der Waals surface area contributed by atoms with E-state index in [1.54, 1.807) is 6.07 Å². The molecule has 0 bridgehead atoms. The molecule has 0 unspecified atom stereocenters. The van der Waals surface area contributed by atoms with Gasteiger partial charge in [0.1, 0.15) is 0 Å². The molecule has 0 saturated heterocycles. The smallest absolute Gasteiger partial charge is 0.0594 e. The monoisotopic (exact) mass is 220 g/mol. The minimum atomic E-state index is 0. The summed E-state index contributed by atoms with van der Waals surface area (Å²) in [5.41, 5.74) is 1.13. The van der Waals surface area contributed by atoms with Crippen LogP contribution in [0.15, 0.2) is 18.2 Å². The van der Waals surface area contributed by atoms with Crippen LogP contribution in [0.3, 0.4) is 0 Å². The first-order valence-electron chi connectivity index (χ1n) is 2.62. The molecule has 0 aliphatic rings. The highest BCUT2D eigenvalue weighted by molar-refractivity contribution is 6.41. The molecule has 0 aromatic heterocycles. The molecule has 12 heavy (non-hydrogen) atoms. The predicted molar refractivity (Wildman–Crippen MR) is 48.7 cm³/mol. The fourth-order valence-electron chi connectivity index (χ4n) is 0.601. The normalized spacial score (nSPS) is 7.25. The Morgan fingerprint density at radius 3 is 1.75 bits per heavy atom. The van der Waals surface area contributed by atoms with Gasteiger partial charge in [-0.1, -0.05) is 29.3 Å². The molecule has 0 N–H and O–H groups in total. The molecule has 72 valence electrons. The van der Waals surface area contributed by atoms with Crippen molar-refractivity contribution in [3.63, 3.8) is 0 Å². The highest BCUT2D eigenvalue weighted by atomic mass is 35.5. The third-order valence-electron chi connectivity index (χ3n) is 1.08. The molecule has 0 fully saturated rings. The average Bonchev–Trinajstić information content (AvgIpc) is 1.80. The van der Waals surface area contributed by atoms with Crippen molar-refractivity contribution in [2.24, 2.45) is 0 Å². The number of halogens is 5. The van der Waals surface area contributed by atoms with E-state index in [0.29, 0.717) is 10.0 Å². The van der Waals surface area contributed by atoms with Crippen molar-refractivity contribution in [1.82, 2.24) is 0 Å². The van der Waals surface area contributed by atoms with Crippen LogP contribution in [0.4, 0.5) is 14.1 Å². The van der Waals surface area contributed by atoms with E-state index in [-0.39, 0.29) is 14.1 Å². The van der Waals surface area contributed by atoms with Gasteiger partial charge in [0.05, 0.1) is 10.0 Å². The van der Waals surface area contributed by atoms with Gasteiger partial charge in [0.15, 0.2) is 0 Å². The molecule has 1 aromatic rings. The van der Waals surface area contributed by atoms with Crippen LogP contribution in [0, 0.1) is 6.92 Å². The summed E-state index contributed by atoms with van der Waals surface area (Å²) < 4.78 is 0. The van der Waals surface area contributed by atoms with Gasteiger partial charge in [-0.3, -0.25) is 14.1 Å². The number of rotatable bonds is 0. The van der Waals surface area contributed by atoms with Crippen LogP contribution in [0.25, 0.3) is 0 Å². The first-order chi connectivity index (χ1) is 4.20. The van der Waals surface area contributed by atoms with Crippen LogP contribution < -0.4 is 0 Å². The maximum Gasteiger partial charge on any atom is 0.0594 e. The number of hydrogen-bond acceptors (Lipinski definition) is 0. The molecule has 0 amide bonds. The largest absolute Gasteiger partial charge is 0.269 e. The van der Waals surface area contributed by atoms with Gasteiger partial charge < -0.3 is 0 Å². The fourth-order valence-corrected chi connectivity index (χ4v) is 0.954. The first-order valence-corrected chi connectivity index (χ1v) is 3.37. The Kier molecular flexibility index (Phi) is 10.6. The van der Waals surface area contributed by atoms with Crippen LogP contribution in [-0.2, 0) is 0 Å². The number of aryl methyl sites for hydroxylation is 1. The van der Waals surface area contributed by atoms with E-state index in [2.05, 4.69) is 0 Å². The summed E-state index contributed by atoms with van der Waals surface area (Å²) in [4.78, 5) is 0. The maximum absolute atomic E-state index is 5.68. The van der Waals surface area contributed by atoms with Crippen molar-refractivity contribution in [2.45, 2.75) is 6.92 Å². The molecule has 0 saturated carbocycles. The zero-order valence-corrected chi connectivity index (χ0v) is 7.72. The lowest BCUT2D eigenvalue weighted by atomic mass is 10.2. The van der Waals surface area contributed by atoms with E-state index in [0.717, 1.165) is 5.56 Å². The van der Waals surface area contributed by atoms with Gasteiger partial charge in [-0.15, -0.1) is 0 Å². The van der Waals surface area contributed by atoms with Gasteiger partial charge in [-0.25, -0.2) is 0 Å². The van der Waals surface area contributed by atoms with Gasteiger partial charge in [-0.05, 0) is 24.6 Å². The maximum atomic E-state index is 5.68. The van der Waals surface area contributed by atoms with E-state index in [1.165, 1.54) is 0 Å². The molecule has 1 aromatic carbocycles. The van der Waals surface area contributed by atoms with Crippen LogP contribution in [0.5, 0.6) is 0 Å². The van der Waals surface area contributed by atoms with Gasteiger partial charge in [0, 0.05) is 0 Å². The molecular formula is C7H9Cl2F3. The van der Waals surface area contributed by atoms with Crippen LogP contribution in [-0.4, -0.2) is 0 Å². The predicted octanol–water partition coefficient (Wildman–Crippen LogP) is 3.76. The third-order valence-corrected chi connectivity index (χ3v) is 1.81. The van der Waals surface area contributed by atoms with E-state index in [1.807, 2.05) is 19.1 Å². The Morgan fingerprint density at radius 1 is 0.917 bits per heavy atom. The lowest BCUT2D eigenvalue weighted by molar-refractivity contribution is 1.11. The van der Waals surface area contributed by atoms with Gasteiger partial charge >= 0.3 is 0 Å². The van der Waals surface area contributed by atoms with Crippen LogP contribution in [0.1, 0.15) is 5.56 Å². The second-order valence-electron chi connectivity index (χ2n) is 1.92. The summed E-state index contributed by atoms with van der Waals surface area (Å²) >= 11 is 11.3. The van der Waals surface area contributed by atoms with Crippen molar-refractivity contribution < 1.29 is 14.1 Å². The molecule has 5 heteroatoms. The van der Waals surface area contributed by atoms with Crippen LogP contribution >= 0.6 is 23.2 Å². The highest BCUT2D eigenvalue weighted by Gasteiger charge is 1.93. The summed E-state index contributed by atoms with van der Waals surface area (Å²) in [7, 11) is 0. The van der Waals surface area contributed by atoms with E-state index in [9.17, 15) is 0 Å². The second kappa shape index (κ2) is 7.25. The lowest BCUT2D eigenvalue weighted by Crippen LogP contribution is -1.70. The summed E-state index contributed by atoms with van der Waals surface area (Å²) in [5, 5.41) is 1.24. The van der Waals surface area contributed by atoms with Crippen molar-refractivity contribution in [1.29, 1.82) is 0 Å². The number of hydrogen-bond donors (Lipinski definition) is 0. The van der Waals surface area contributed by atoms with Gasteiger partial charge in [0.2, 0.25) is 0 Å². The molecule has 0 spiro atoms. The SMILES string of the molecule is Cc1ccc(Cl)c(Cl)c1.F.F.F. The lowest BCUT2D eigenvalue weighted by Gasteiger charge is -1.94. The molecule has 0 aliphatic carbocycles. The quantitative estimate of drug-likeness (QED) is 0.625. The van der Waals surface area contributed by atoms with Crippen molar-refractivity contribution in [2.75, 3.05) is 0 Å². The van der Waals surface area contributed by atoms with Gasteiger partial charge in [0.25, 0.3) is 0 Å². The Hall–Kier alpha value is -0.410. The first kappa shape index (κ1) is 17.6. The number of benzene rings is 1. The fraction of sp³-hybridized carbons (Fsp3) is 0.143. The standard InChI is InChI=1S/C7H6Cl2.3FH/c1-5-2-3-6(8)7(9)4-5;;;/h2-4H,1H3;3*1H. The zero-order chi connectivity index (χ0) is 6.85. The molecule has 0 nitrogen and oxygen atoms in total. The molecule has 0 aliphatic heterocycles. The van der Waals surface area contributed by atoms with E-state index < -0.39 is 0 Å². The molecule has 0 heterocycles. The summed E-state index contributed by atoms with van der Waals surface area (Å²) in [6.07, 6.45) is 0. The van der Waals surface area contributed by atoms with Crippen molar-refractivity contribution in [3.05, 3.63) is 33.8 Å². The van der Waals surface area contributed by atoms with Gasteiger partial charge in [-0.2, -0.15) is 0 Å². The Labute approximate surface area is 78.6 Å². The summed E-state index contributed by atoms with van der Waals surface area (Å²) in [5.74, 6) is 0. The van der Waals surface area contributed by atoms with Crippen molar-refractivity contribution >= 4 is 23.2 Å². The third kappa shape index (κ3) is 4.46. The molecule has 1 rings (SSSR count). The van der Waals surface area contributed by atoms with E-state index >= 15 is 0 Å². The zero-order valence-electron chi connectivity index (χ0n) is 6.21. The Bertz CT molecular complexity index is 228. The topological polar surface area (TPSA) is 0 Å². The Morgan fingerprint density at radius 2 is 1.42 bits per heavy atom. The molecule has 0 radical (unpaired) electrons. The summed E-state index contributed by atoms with van der Waals surface area (Å²) in [6.45, 7) is 1.97. The van der Waals surface area contributed by atoms with Crippen molar-refractivity contribution in [3.8, 4) is 0 Å². The van der Waals surface area contributed by atoms with Crippen LogP contribution in [0.2, 0.25) is 10.0 Å². The average molecular weight is 221 g/mol. The molecule has 0 atom stereocenters. The Balaban J connectivity index is -0.000000270. The summed E-state index contributed by atoms with van der Waals surface area (Å²) in [6, 6.07) is 5.55. The molecular weight excluding hydrogens is 212 g/mol.